The highest BCUT2D eigenvalue weighted by Gasteiger charge is 2.50. The Labute approximate surface area is 232 Å². The zero-order valence-corrected chi connectivity index (χ0v) is 25.1. The number of aliphatic carboxylic acids is 2. The molecule has 5 heteroatoms. The average Bonchev–Trinajstić information content (AvgIpc) is 3.22. The van der Waals surface area contributed by atoms with Crippen LogP contribution in [-0.4, -0.2) is 33.4 Å². The van der Waals surface area contributed by atoms with E-state index in [-0.39, 0.29) is 18.9 Å². The number of carboxylic acids is 2. The maximum atomic E-state index is 10.0. The molecule has 38 heavy (non-hydrogen) atoms. The number of fused-ring (bicyclic) bond motifs is 1. The van der Waals surface area contributed by atoms with Crippen LogP contribution in [0.1, 0.15) is 125 Å². The van der Waals surface area contributed by atoms with E-state index in [1.54, 1.807) is 19.4 Å². The van der Waals surface area contributed by atoms with Gasteiger partial charge in [0.2, 0.25) is 0 Å². The number of carbonyl (C=O) groups is 2. The number of aliphatic hydroxyl groups is 1. The Bertz CT molecular complexity index is 809. The summed E-state index contributed by atoms with van der Waals surface area (Å²) in [7, 11) is 0. The van der Waals surface area contributed by atoms with Gasteiger partial charge in [-0.25, -0.2) is 0 Å². The Balaban J connectivity index is 0.000000616. The van der Waals surface area contributed by atoms with Gasteiger partial charge in [0.05, 0.1) is 6.10 Å². The standard InChI is InChI=1S/C27H44O.2C3H6O2/c1-19(2)8-6-9-21(4)25-15-16-26-22(10-7-17-27(25,26)5)12-13-23-18-24(28)14-11-20(23)3;2*1-2-3(4)5/h12-13,19,21,24-26,28H,3,6-11,14-18H2,1-2,4-5H3;2*2H2,1H3,(H,4,5)/t21-,24+,25-,26+,27-;;/m1../s1. The van der Waals surface area contributed by atoms with Crippen molar-refractivity contribution in [1.29, 1.82) is 0 Å². The molecular weight excluding hydrogens is 476 g/mol. The fourth-order valence-corrected chi connectivity index (χ4v) is 6.66. The first-order chi connectivity index (χ1) is 17.8. The summed E-state index contributed by atoms with van der Waals surface area (Å²) in [6.07, 6.45) is 18.7. The summed E-state index contributed by atoms with van der Waals surface area (Å²) in [5, 5.41) is 25.5. The largest absolute Gasteiger partial charge is 0.481 e. The smallest absolute Gasteiger partial charge is 0.303 e. The van der Waals surface area contributed by atoms with E-state index in [9.17, 15) is 14.7 Å². The van der Waals surface area contributed by atoms with Gasteiger partial charge in [0.1, 0.15) is 0 Å². The minimum absolute atomic E-state index is 0.172. The van der Waals surface area contributed by atoms with Crippen LogP contribution in [-0.2, 0) is 9.59 Å². The molecule has 5 atom stereocenters. The van der Waals surface area contributed by atoms with Crippen molar-refractivity contribution in [1.82, 2.24) is 0 Å². The van der Waals surface area contributed by atoms with Crippen LogP contribution in [0.3, 0.4) is 0 Å². The number of aliphatic hydroxyl groups excluding tert-OH is 1. The molecule has 3 N–H and O–H groups in total. The third-order valence-electron chi connectivity index (χ3n) is 8.96. The van der Waals surface area contributed by atoms with Crippen LogP contribution in [0, 0.1) is 29.1 Å². The van der Waals surface area contributed by atoms with Gasteiger partial charge in [-0.15, -0.1) is 0 Å². The van der Waals surface area contributed by atoms with Crippen molar-refractivity contribution in [2.45, 2.75) is 131 Å². The van der Waals surface area contributed by atoms with Crippen LogP contribution < -0.4 is 0 Å². The molecule has 0 amide bonds. The number of hydrogen-bond acceptors (Lipinski definition) is 3. The van der Waals surface area contributed by atoms with Gasteiger partial charge in [0, 0.05) is 12.8 Å². The molecule has 0 saturated heterocycles. The van der Waals surface area contributed by atoms with E-state index >= 15 is 0 Å². The number of allylic oxidation sites excluding steroid dienone is 4. The Kier molecular flexibility index (Phi) is 15.2. The Hall–Kier alpha value is -1.88. The average molecular weight is 533 g/mol. The lowest BCUT2D eigenvalue weighted by Gasteiger charge is -2.44. The summed E-state index contributed by atoms with van der Waals surface area (Å²) in [4.78, 5) is 18.7. The zero-order chi connectivity index (χ0) is 28.9. The topological polar surface area (TPSA) is 94.8 Å². The van der Waals surface area contributed by atoms with Crippen LogP contribution in [0.5, 0.6) is 0 Å². The molecule has 0 aromatic heterocycles. The summed E-state index contributed by atoms with van der Waals surface area (Å²) in [5.74, 6) is 1.88. The molecule has 3 aliphatic carbocycles. The van der Waals surface area contributed by atoms with E-state index in [4.69, 9.17) is 10.2 Å². The van der Waals surface area contributed by atoms with E-state index in [1.807, 2.05) is 0 Å². The number of hydrogen-bond donors (Lipinski definition) is 3. The van der Waals surface area contributed by atoms with Crippen LogP contribution >= 0.6 is 0 Å². The highest BCUT2D eigenvalue weighted by molar-refractivity contribution is 5.66. The molecule has 0 heterocycles. The molecule has 0 aliphatic heterocycles. The van der Waals surface area contributed by atoms with Gasteiger partial charge in [-0.2, -0.15) is 0 Å². The molecule has 0 spiro atoms. The molecule has 3 fully saturated rings. The Morgan fingerprint density at radius 1 is 1.00 bits per heavy atom. The molecule has 0 bridgehead atoms. The second-order valence-electron chi connectivity index (χ2n) is 12.3. The lowest BCUT2D eigenvalue weighted by molar-refractivity contribution is -0.137. The Morgan fingerprint density at radius 2 is 1.61 bits per heavy atom. The van der Waals surface area contributed by atoms with Gasteiger partial charge in [-0.1, -0.05) is 90.7 Å². The third-order valence-corrected chi connectivity index (χ3v) is 8.96. The molecule has 3 aliphatic rings. The zero-order valence-electron chi connectivity index (χ0n) is 25.1. The first-order valence-corrected chi connectivity index (χ1v) is 15.0. The second kappa shape index (κ2) is 16.9. The lowest BCUT2D eigenvalue weighted by Crippen LogP contribution is -2.36. The maximum absolute atomic E-state index is 10.0. The normalized spacial score (nSPS) is 29.7. The predicted octanol–water partition coefficient (Wildman–Crippen LogP) is 8.58. The summed E-state index contributed by atoms with van der Waals surface area (Å²) >= 11 is 0. The SMILES string of the molecule is C=C1CC[C@H](O)CC1=CC=C1CCC[C@]2(C)[C@@H]([C@H](C)CCCC(C)C)CC[C@@H]12.CCC(=O)O.CCC(=O)O. The van der Waals surface area contributed by atoms with Crippen molar-refractivity contribution in [3.05, 3.63) is 35.5 Å². The van der Waals surface area contributed by atoms with Crippen LogP contribution in [0.25, 0.3) is 0 Å². The van der Waals surface area contributed by atoms with Crippen molar-refractivity contribution in [2.24, 2.45) is 29.1 Å². The van der Waals surface area contributed by atoms with Gasteiger partial charge >= 0.3 is 11.9 Å². The van der Waals surface area contributed by atoms with Crippen LogP contribution in [0.4, 0.5) is 0 Å². The molecule has 3 saturated carbocycles. The summed E-state index contributed by atoms with van der Waals surface area (Å²) in [6, 6.07) is 0. The van der Waals surface area contributed by atoms with Gasteiger partial charge < -0.3 is 15.3 Å². The highest BCUT2D eigenvalue weighted by Crippen LogP contribution is 2.60. The van der Waals surface area contributed by atoms with Gasteiger partial charge in [0.25, 0.3) is 0 Å². The Morgan fingerprint density at radius 3 is 2.16 bits per heavy atom. The van der Waals surface area contributed by atoms with E-state index in [0.29, 0.717) is 5.41 Å². The summed E-state index contributed by atoms with van der Waals surface area (Å²) in [6.45, 7) is 17.3. The molecule has 3 rings (SSSR count). The number of rotatable bonds is 8. The third kappa shape index (κ3) is 11.1. The first kappa shape index (κ1) is 34.1. The second-order valence-corrected chi connectivity index (χ2v) is 12.3. The molecule has 218 valence electrons. The van der Waals surface area contributed by atoms with Crippen LogP contribution in [0.15, 0.2) is 35.5 Å². The van der Waals surface area contributed by atoms with Crippen molar-refractivity contribution in [3.63, 3.8) is 0 Å². The van der Waals surface area contributed by atoms with Gasteiger partial charge in [-0.3, -0.25) is 9.59 Å². The minimum atomic E-state index is -0.745. The molecule has 0 aromatic carbocycles. The van der Waals surface area contributed by atoms with Crippen molar-refractivity contribution in [3.8, 4) is 0 Å². The van der Waals surface area contributed by atoms with Crippen molar-refractivity contribution < 1.29 is 24.9 Å². The molecule has 0 radical (unpaired) electrons. The van der Waals surface area contributed by atoms with E-state index in [1.165, 1.54) is 62.5 Å². The molecule has 0 aromatic rings. The predicted molar refractivity (Wildman–Crippen MR) is 157 cm³/mol. The fraction of sp³-hybridized carbons (Fsp3) is 0.758. The molecule has 0 unspecified atom stereocenters. The first-order valence-electron chi connectivity index (χ1n) is 15.0. The lowest BCUT2D eigenvalue weighted by atomic mass is 9.60. The van der Waals surface area contributed by atoms with Crippen LogP contribution in [0.2, 0.25) is 0 Å². The minimum Gasteiger partial charge on any atom is -0.481 e. The van der Waals surface area contributed by atoms with Gasteiger partial charge in [-0.05, 0) is 86.0 Å². The monoisotopic (exact) mass is 532 g/mol. The maximum Gasteiger partial charge on any atom is 0.303 e. The summed E-state index contributed by atoms with van der Waals surface area (Å²) in [5.41, 5.74) is 4.72. The quantitative estimate of drug-likeness (QED) is 0.291. The fourth-order valence-electron chi connectivity index (χ4n) is 6.66. The van der Waals surface area contributed by atoms with E-state index in [2.05, 4.69) is 46.4 Å². The molecular formula is C33H56O5. The van der Waals surface area contributed by atoms with E-state index in [0.717, 1.165) is 42.9 Å². The van der Waals surface area contributed by atoms with E-state index < -0.39 is 11.9 Å². The number of carboxylic acid groups (broad SMARTS) is 2. The summed E-state index contributed by atoms with van der Waals surface area (Å²) < 4.78 is 0. The molecule has 5 nitrogen and oxygen atoms in total. The van der Waals surface area contributed by atoms with Crippen molar-refractivity contribution in [2.75, 3.05) is 0 Å². The van der Waals surface area contributed by atoms with Crippen molar-refractivity contribution >= 4 is 11.9 Å². The highest BCUT2D eigenvalue weighted by atomic mass is 16.4. The van der Waals surface area contributed by atoms with Gasteiger partial charge in [0.15, 0.2) is 0 Å².